The maximum Gasteiger partial charge on any atom is 0.412 e. The van der Waals surface area contributed by atoms with E-state index in [0.29, 0.717) is 47.3 Å². The van der Waals surface area contributed by atoms with Crippen molar-refractivity contribution in [3.05, 3.63) is 94.5 Å². The van der Waals surface area contributed by atoms with Crippen molar-refractivity contribution in [2.45, 2.75) is 38.7 Å². The first-order valence-electron chi connectivity index (χ1n) is 16.1. The van der Waals surface area contributed by atoms with Crippen molar-refractivity contribution in [1.82, 2.24) is 4.98 Å². The van der Waals surface area contributed by atoms with Gasteiger partial charge in [-0.15, -0.1) is 22.9 Å². The van der Waals surface area contributed by atoms with E-state index in [1.807, 2.05) is 81.4 Å². The summed E-state index contributed by atoms with van der Waals surface area (Å²) in [6.45, 7) is 6.35. The summed E-state index contributed by atoms with van der Waals surface area (Å²) in [5.41, 5.74) is 4.70. The van der Waals surface area contributed by atoms with Crippen molar-refractivity contribution >= 4 is 89.7 Å². The maximum absolute atomic E-state index is 14.1. The summed E-state index contributed by atoms with van der Waals surface area (Å²) in [4.78, 5) is 47.6. The van der Waals surface area contributed by atoms with Gasteiger partial charge in [-0.05, 0) is 91.6 Å². The van der Waals surface area contributed by atoms with Crippen LogP contribution in [-0.2, 0) is 11.2 Å². The number of thiophene rings is 1. The molecule has 6 aromatic rings. The second kappa shape index (κ2) is 11.5. The lowest BCUT2D eigenvalue weighted by Gasteiger charge is -2.19. The minimum Gasteiger partial charge on any atom is -0.507 e. The SMILES string of the molecule is CC(C)(C)OC(=O)Nc1ccc2sc(C(=O)N3CCc4c3ccc3[nH]c(C(=O)N5C[C@@H](CCl)c6c5cc(O)c5ccccc65)cc43)cc2c1. The average Bonchev–Trinajstić information content (AvgIpc) is 3.86. The topological polar surface area (TPSA) is 115 Å². The highest BCUT2D eigenvalue weighted by Gasteiger charge is 2.36. The predicted octanol–water partition coefficient (Wildman–Crippen LogP) is 8.77. The van der Waals surface area contributed by atoms with Crippen molar-refractivity contribution < 1.29 is 24.2 Å². The highest BCUT2D eigenvalue weighted by molar-refractivity contribution is 7.21. The molecule has 0 aliphatic carbocycles. The fourth-order valence-electron chi connectivity index (χ4n) is 7.11. The molecule has 2 aromatic heterocycles. The Kier molecular flexibility index (Phi) is 7.35. The number of phenols is 1. The molecule has 2 aliphatic heterocycles. The summed E-state index contributed by atoms with van der Waals surface area (Å²) in [7, 11) is 0. The van der Waals surface area contributed by atoms with E-state index in [2.05, 4.69) is 10.3 Å². The summed E-state index contributed by atoms with van der Waals surface area (Å²) >= 11 is 7.82. The molecule has 0 fully saturated rings. The molecule has 11 heteroatoms. The van der Waals surface area contributed by atoms with Crippen molar-refractivity contribution in [1.29, 1.82) is 0 Å². The lowest BCUT2D eigenvalue weighted by atomic mass is 9.95. The monoisotopic (exact) mass is 692 g/mol. The molecular weight excluding hydrogens is 660 g/mol. The number of carbonyl (C=O) groups excluding carboxylic acids is 3. The van der Waals surface area contributed by atoms with Gasteiger partial charge >= 0.3 is 6.09 Å². The first-order valence-corrected chi connectivity index (χ1v) is 17.5. The number of anilines is 3. The van der Waals surface area contributed by atoms with Crippen molar-refractivity contribution in [2.24, 2.45) is 0 Å². The molecule has 1 atom stereocenters. The lowest BCUT2D eigenvalue weighted by Crippen LogP contribution is -2.30. The van der Waals surface area contributed by atoms with Crippen LogP contribution in [0.1, 0.15) is 58.0 Å². The molecule has 0 saturated heterocycles. The zero-order chi connectivity index (χ0) is 34.2. The first kappa shape index (κ1) is 31.2. The fraction of sp³-hybridized carbons (Fsp3) is 0.237. The van der Waals surface area contributed by atoms with Gasteiger partial charge in [-0.2, -0.15) is 0 Å². The van der Waals surface area contributed by atoms with E-state index in [4.69, 9.17) is 16.3 Å². The average molecular weight is 693 g/mol. The number of phenolic OH excluding ortho intramolecular Hbond substituents is 1. The van der Waals surface area contributed by atoms with Crippen LogP contribution in [0.2, 0.25) is 0 Å². The number of halogens is 1. The minimum atomic E-state index is -0.611. The highest BCUT2D eigenvalue weighted by Crippen LogP contribution is 2.46. The summed E-state index contributed by atoms with van der Waals surface area (Å²) in [6, 6.07) is 22.4. The Hall–Kier alpha value is -5.06. The van der Waals surface area contributed by atoms with E-state index < -0.39 is 11.7 Å². The van der Waals surface area contributed by atoms with Gasteiger partial charge in [0.15, 0.2) is 0 Å². The van der Waals surface area contributed by atoms with E-state index in [0.717, 1.165) is 48.6 Å². The van der Waals surface area contributed by atoms with Crippen LogP contribution in [-0.4, -0.2) is 52.6 Å². The van der Waals surface area contributed by atoms with Crippen LogP contribution in [0, 0.1) is 0 Å². The third-order valence-corrected chi connectivity index (χ3v) is 10.7. The molecule has 0 spiro atoms. The Morgan fingerprint density at radius 1 is 0.959 bits per heavy atom. The molecule has 0 radical (unpaired) electrons. The molecule has 248 valence electrons. The Balaban J connectivity index is 1.06. The van der Waals surface area contributed by atoms with Gasteiger partial charge in [-0.25, -0.2) is 4.79 Å². The van der Waals surface area contributed by atoms with Gasteiger partial charge in [0.25, 0.3) is 11.8 Å². The number of hydrogen-bond acceptors (Lipinski definition) is 6. The number of aromatic amines is 1. The zero-order valence-corrected chi connectivity index (χ0v) is 28.7. The van der Waals surface area contributed by atoms with E-state index >= 15 is 0 Å². The second-order valence-electron chi connectivity index (χ2n) is 13.5. The standard InChI is InChI=1S/C38H33ClN4O5S/c1-38(2,3)48-37(47)40-22-8-11-32-20(14-22)15-33(49-32)36(46)42-13-12-23-26-16-28(41-27(26)9-10-29(23)42)35(45)43-19-21(18-39)34-25-7-5-4-6-24(25)31(44)17-30(34)43/h4-11,14-17,21,41,44H,12-13,18-19H2,1-3H3,(H,40,47)/t21-/m1/s1. The van der Waals surface area contributed by atoms with E-state index in [9.17, 15) is 19.5 Å². The number of nitrogens with one attached hydrogen (secondary N) is 2. The van der Waals surface area contributed by atoms with Crippen molar-refractivity contribution in [3.8, 4) is 5.75 Å². The Labute approximate surface area is 291 Å². The molecule has 4 heterocycles. The first-order chi connectivity index (χ1) is 23.5. The number of aromatic nitrogens is 1. The quantitative estimate of drug-likeness (QED) is 0.160. The van der Waals surface area contributed by atoms with Gasteiger partial charge in [-0.3, -0.25) is 14.9 Å². The summed E-state index contributed by atoms with van der Waals surface area (Å²) in [5.74, 6) is 0.101. The van der Waals surface area contributed by atoms with E-state index in [1.165, 1.54) is 11.3 Å². The zero-order valence-electron chi connectivity index (χ0n) is 27.1. The largest absolute Gasteiger partial charge is 0.507 e. The molecule has 0 unspecified atom stereocenters. The van der Waals surface area contributed by atoms with Crippen molar-refractivity contribution in [3.63, 3.8) is 0 Å². The molecule has 3 N–H and O–H groups in total. The van der Waals surface area contributed by atoms with E-state index in [-0.39, 0.29) is 23.5 Å². The smallest absolute Gasteiger partial charge is 0.412 e. The number of ether oxygens (including phenoxy) is 1. The third-order valence-electron chi connectivity index (χ3n) is 9.19. The molecular formula is C38H33ClN4O5S. The molecule has 3 amide bonds. The van der Waals surface area contributed by atoms with Gasteiger partial charge in [-0.1, -0.05) is 24.3 Å². The van der Waals surface area contributed by atoms with Crippen LogP contribution < -0.4 is 15.1 Å². The number of hydrogen-bond donors (Lipinski definition) is 3. The van der Waals surface area contributed by atoms with E-state index in [1.54, 1.807) is 21.9 Å². The molecule has 9 nitrogen and oxygen atoms in total. The molecule has 2 aliphatic rings. The van der Waals surface area contributed by atoms with Gasteiger partial charge < -0.3 is 24.6 Å². The number of nitrogens with zero attached hydrogens (tertiary/aromatic N) is 2. The Bertz CT molecular complexity index is 2360. The number of aromatic hydroxyl groups is 1. The summed E-state index contributed by atoms with van der Waals surface area (Å²) in [6.07, 6.45) is 0.116. The summed E-state index contributed by atoms with van der Waals surface area (Å²) < 4.78 is 6.30. The van der Waals surface area contributed by atoms with Gasteiger partial charge in [0.05, 0.1) is 10.6 Å². The number of alkyl halides is 1. The van der Waals surface area contributed by atoms with Crippen LogP contribution in [0.3, 0.4) is 0 Å². The van der Waals surface area contributed by atoms with Gasteiger partial charge in [0.1, 0.15) is 17.0 Å². The van der Waals surface area contributed by atoms with Gasteiger partial charge in [0, 0.05) is 63.3 Å². The van der Waals surface area contributed by atoms with Crippen LogP contribution in [0.4, 0.5) is 21.9 Å². The number of H-pyrrole nitrogens is 1. The number of amides is 3. The predicted molar refractivity (Wildman–Crippen MR) is 196 cm³/mol. The Morgan fingerprint density at radius 3 is 2.53 bits per heavy atom. The van der Waals surface area contributed by atoms with Crippen LogP contribution in [0.15, 0.2) is 72.8 Å². The highest BCUT2D eigenvalue weighted by atomic mass is 35.5. The number of fused-ring (bicyclic) bond motifs is 7. The normalized spacial score (nSPS) is 15.6. The Morgan fingerprint density at radius 2 is 1.76 bits per heavy atom. The lowest BCUT2D eigenvalue weighted by molar-refractivity contribution is 0.0635. The third kappa shape index (κ3) is 5.35. The minimum absolute atomic E-state index is 0.0685. The number of benzene rings is 4. The second-order valence-corrected chi connectivity index (χ2v) is 14.9. The van der Waals surface area contributed by atoms with Crippen LogP contribution in [0.25, 0.3) is 31.8 Å². The molecule has 49 heavy (non-hydrogen) atoms. The fourth-order valence-corrected chi connectivity index (χ4v) is 8.35. The van der Waals surface area contributed by atoms with Crippen LogP contribution >= 0.6 is 22.9 Å². The van der Waals surface area contributed by atoms with Crippen molar-refractivity contribution in [2.75, 3.05) is 34.1 Å². The number of carbonyl (C=O) groups is 3. The molecule has 0 bridgehead atoms. The number of rotatable bonds is 4. The van der Waals surface area contributed by atoms with Gasteiger partial charge in [0.2, 0.25) is 0 Å². The maximum atomic E-state index is 14.1. The molecule has 8 rings (SSSR count). The molecule has 4 aromatic carbocycles. The molecule has 0 saturated carbocycles. The van der Waals surface area contributed by atoms with Crippen LogP contribution in [0.5, 0.6) is 5.75 Å². The summed E-state index contributed by atoms with van der Waals surface area (Å²) in [5, 5.41) is 17.0.